The molecular formula is H20CoN2O14S2. The fraction of sp³-hybridized carbons (Fsp3) is 0. The standard InChI is InChI=1S/Co.2H3N.2H2O4S.6H2O/c;;;2*1-5(2,3)4;;;;;;/h;2*1H3;2*(H2,1,2,3,4);6*1H2/q+2;;;;;;;;;;/p-2. The Morgan fingerprint density at radius 2 is 0.474 bits per heavy atom. The molecule has 0 rings (SSSR count). The van der Waals surface area contributed by atoms with Gasteiger partial charge in [0.2, 0.25) is 0 Å². The summed E-state index contributed by atoms with van der Waals surface area (Å²) in [6.45, 7) is 0. The Hall–Kier alpha value is -0.0735. The van der Waals surface area contributed by atoms with Gasteiger partial charge in [-0.05, 0) is 0 Å². The van der Waals surface area contributed by atoms with Crippen LogP contribution in [0.4, 0.5) is 0 Å². The van der Waals surface area contributed by atoms with Crippen LogP contribution in [0.15, 0.2) is 0 Å². The van der Waals surface area contributed by atoms with Crippen molar-refractivity contribution in [1.82, 2.24) is 12.3 Å². The fourth-order valence-corrected chi connectivity index (χ4v) is 0. The summed E-state index contributed by atoms with van der Waals surface area (Å²) in [4.78, 5) is 0. The molecule has 0 aliphatic carbocycles. The molecule has 0 aliphatic heterocycles. The van der Waals surface area contributed by atoms with E-state index in [1.54, 1.807) is 0 Å². The minimum atomic E-state index is -5.17. The van der Waals surface area contributed by atoms with Crippen LogP contribution in [0.5, 0.6) is 0 Å². The molecule has 1 radical (unpaired) electrons. The van der Waals surface area contributed by atoms with Crippen LogP contribution in [0.2, 0.25) is 0 Å². The van der Waals surface area contributed by atoms with Crippen molar-refractivity contribution in [2.24, 2.45) is 0 Å². The average molecular weight is 395 g/mol. The summed E-state index contributed by atoms with van der Waals surface area (Å²) >= 11 is 0. The van der Waals surface area contributed by atoms with Crippen LogP contribution in [0.25, 0.3) is 0 Å². The summed E-state index contributed by atoms with van der Waals surface area (Å²) < 4.78 is 68.2. The summed E-state index contributed by atoms with van der Waals surface area (Å²) in [5.74, 6) is 0. The molecule has 0 atom stereocenters. The predicted octanol–water partition coefficient (Wildman–Crippen LogP) is -6.87. The zero-order valence-corrected chi connectivity index (χ0v) is 12.1. The van der Waals surface area contributed by atoms with Crippen LogP contribution < -0.4 is 12.3 Å². The van der Waals surface area contributed by atoms with Crippen LogP contribution >= 0.6 is 0 Å². The van der Waals surface area contributed by atoms with Gasteiger partial charge in [-0.25, -0.2) is 0 Å². The molecule has 0 aromatic rings. The van der Waals surface area contributed by atoms with E-state index in [4.69, 9.17) is 35.0 Å². The molecule has 0 fully saturated rings. The van der Waals surface area contributed by atoms with Crippen molar-refractivity contribution in [1.29, 1.82) is 0 Å². The van der Waals surface area contributed by atoms with E-state index in [1.165, 1.54) is 0 Å². The molecule has 0 unspecified atom stereocenters. The van der Waals surface area contributed by atoms with Crippen molar-refractivity contribution in [2.75, 3.05) is 0 Å². The fourth-order valence-electron chi connectivity index (χ4n) is 0. The van der Waals surface area contributed by atoms with Gasteiger partial charge in [0.1, 0.15) is 0 Å². The summed E-state index contributed by atoms with van der Waals surface area (Å²) in [6, 6.07) is 0. The van der Waals surface area contributed by atoms with Crippen molar-refractivity contribution in [3.63, 3.8) is 0 Å². The van der Waals surface area contributed by atoms with Crippen molar-refractivity contribution in [3.05, 3.63) is 0 Å². The van der Waals surface area contributed by atoms with E-state index in [-0.39, 0.29) is 61.9 Å². The molecule has 0 saturated carbocycles. The van der Waals surface area contributed by atoms with Gasteiger partial charge in [-0.15, -0.1) is 0 Å². The normalized spacial score (nSPS) is 6.11. The molecule has 0 bridgehead atoms. The van der Waals surface area contributed by atoms with Crippen LogP contribution in [-0.4, -0.2) is 67.9 Å². The van der Waals surface area contributed by atoms with Crippen LogP contribution in [-0.2, 0) is 37.6 Å². The summed E-state index contributed by atoms with van der Waals surface area (Å²) in [5.41, 5.74) is 0. The predicted molar refractivity (Wildman–Crippen MR) is 54.6 cm³/mol. The smallest absolute Gasteiger partial charge is 0.759 e. The van der Waals surface area contributed by atoms with Gasteiger partial charge in [0, 0.05) is 20.8 Å². The average Bonchev–Trinajstić information content (AvgIpc) is 1.12. The van der Waals surface area contributed by atoms with Crippen LogP contribution in [0.3, 0.4) is 0 Å². The zero-order chi connectivity index (χ0) is 9.00. The van der Waals surface area contributed by atoms with E-state index in [9.17, 15) is 0 Å². The molecule has 135 valence electrons. The number of rotatable bonds is 0. The summed E-state index contributed by atoms with van der Waals surface area (Å²) in [6.07, 6.45) is 0. The second kappa shape index (κ2) is 36.1. The third-order valence-corrected chi connectivity index (χ3v) is 0. The number of hydrogen-bond acceptors (Lipinski definition) is 8. The topological polar surface area (TPSA) is 423 Å². The van der Waals surface area contributed by atoms with Gasteiger partial charge in [-0.2, -0.15) is 0 Å². The van der Waals surface area contributed by atoms with Gasteiger partial charge >= 0.3 is 16.8 Å². The molecule has 19 heavy (non-hydrogen) atoms. The Balaban J connectivity index is -0.00000000508. The summed E-state index contributed by atoms with van der Waals surface area (Å²) in [7, 11) is -10.3. The van der Waals surface area contributed by atoms with Gasteiger partial charge in [0.05, 0.1) is 0 Å². The van der Waals surface area contributed by atoms with Gasteiger partial charge in [-0.3, -0.25) is 16.8 Å². The Labute approximate surface area is 118 Å². The molecule has 0 aromatic heterocycles. The largest absolute Gasteiger partial charge is 2.00 e. The third-order valence-electron chi connectivity index (χ3n) is 0. The molecule has 0 amide bonds. The minimum absolute atomic E-state index is 0. The zero-order valence-electron chi connectivity index (χ0n) is 9.42. The Bertz CT molecular complexity index is 220. The van der Waals surface area contributed by atoms with Crippen molar-refractivity contribution < 1.29 is 84.7 Å². The first-order chi connectivity index (χ1) is 4.00. The van der Waals surface area contributed by atoms with E-state index in [0.717, 1.165) is 0 Å². The molecule has 0 aromatic carbocycles. The minimum Gasteiger partial charge on any atom is -0.759 e. The third kappa shape index (κ3) is 842000. The van der Waals surface area contributed by atoms with Crippen LogP contribution in [0, 0.1) is 0 Å². The molecule has 0 saturated heterocycles. The molecule has 0 aliphatic rings. The van der Waals surface area contributed by atoms with E-state index in [2.05, 4.69) is 0 Å². The second-order valence-electron chi connectivity index (χ2n) is 0.816. The molecule has 16 nitrogen and oxygen atoms in total. The quantitative estimate of drug-likeness (QED) is 0.292. The maximum atomic E-state index is 8.52. The maximum absolute atomic E-state index is 8.52. The molecule has 19 heteroatoms. The Kier molecular flexibility index (Phi) is 184. The SMILES string of the molecule is O.O.O.O.O.O.O=S(=O)([O-])[O-].O=S(=O)([O-])[O-].[Co+2].[NH4+].[NH4+]. The van der Waals surface area contributed by atoms with E-state index in [0.29, 0.717) is 0 Å². The van der Waals surface area contributed by atoms with Crippen molar-refractivity contribution in [3.8, 4) is 0 Å². The second-order valence-corrected chi connectivity index (χ2v) is 2.45. The molecular weight excluding hydrogens is 375 g/mol. The first-order valence-electron chi connectivity index (χ1n) is 1.33. The van der Waals surface area contributed by atoms with Gasteiger partial charge in [0.25, 0.3) is 0 Å². The van der Waals surface area contributed by atoms with Gasteiger partial charge < -0.3 is 63.4 Å². The number of hydrogen-bond donors (Lipinski definition) is 2. The van der Waals surface area contributed by atoms with Crippen molar-refractivity contribution >= 4 is 20.8 Å². The van der Waals surface area contributed by atoms with Crippen LogP contribution in [0.1, 0.15) is 0 Å². The molecule has 0 heterocycles. The molecule has 0 spiro atoms. The Morgan fingerprint density at radius 3 is 0.474 bits per heavy atom. The van der Waals surface area contributed by atoms with Gasteiger partial charge in [-0.1, -0.05) is 0 Å². The van der Waals surface area contributed by atoms with Gasteiger partial charge in [0.15, 0.2) is 0 Å². The number of quaternary nitrogens is 2. The first-order valence-corrected chi connectivity index (χ1v) is 4.00. The van der Waals surface area contributed by atoms with Crippen molar-refractivity contribution in [2.45, 2.75) is 0 Å². The molecule has 20 N–H and O–H groups in total. The van der Waals surface area contributed by atoms with E-state index < -0.39 is 20.8 Å². The summed E-state index contributed by atoms with van der Waals surface area (Å²) in [5, 5.41) is 0. The van der Waals surface area contributed by atoms with E-state index >= 15 is 0 Å². The van der Waals surface area contributed by atoms with E-state index in [1.807, 2.05) is 0 Å². The maximum Gasteiger partial charge on any atom is 2.00 e. The Morgan fingerprint density at radius 1 is 0.474 bits per heavy atom. The first kappa shape index (κ1) is 96.8. The monoisotopic (exact) mass is 395 g/mol.